The number of hydrogen-bond acceptors (Lipinski definition) is 7. The van der Waals surface area contributed by atoms with Gasteiger partial charge in [-0.3, -0.25) is 9.69 Å². The van der Waals surface area contributed by atoms with Crippen LogP contribution in [0.3, 0.4) is 0 Å². The Morgan fingerprint density at radius 3 is 2.74 bits per heavy atom. The molecular formula is C23H24ClF2N3O6. The summed E-state index contributed by atoms with van der Waals surface area (Å²) >= 11 is 5.94. The first-order chi connectivity index (χ1) is 16.4. The van der Waals surface area contributed by atoms with Gasteiger partial charge in [0.05, 0.1) is 12.0 Å². The van der Waals surface area contributed by atoms with Crippen molar-refractivity contribution in [1.29, 1.82) is 0 Å². The molecule has 3 amide bonds. The smallest absolute Gasteiger partial charge is 0.395 e. The Kier molecular flexibility index (Phi) is 6.60. The van der Waals surface area contributed by atoms with E-state index in [4.69, 9.17) is 16.3 Å². The van der Waals surface area contributed by atoms with E-state index in [9.17, 15) is 23.5 Å². The van der Waals surface area contributed by atoms with E-state index in [1.54, 1.807) is 26.0 Å². The number of benzene rings is 1. The summed E-state index contributed by atoms with van der Waals surface area (Å²) < 4.78 is 40.9. The Labute approximate surface area is 204 Å². The number of ether oxygens (including phenoxy) is 3. The molecule has 4 rings (SSSR count). The molecule has 9 nitrogen and oxygen atoms in total. The number of fused-ring (bicyclic) bond motifs is 1. The number of likely N-dealkylation sites (tertiary alicyclic amines) is 1. The van der Waals surface area contributed by atoms with Crippen LogP contribution in [0.4, 0.5) is 13.6 Å². The predicted molar refractivity (Wildman–Crippen MR) is 119 cm³/mol. The first-order valence-corrected chi connectivity index (χ1v) is 11.3. The van der Waals surface area contributed by atoms with Gasteiger partial charge in [-0.2, -0.15) is 0 Å². The number of amides is 3. The van der Waals surface area contributed by atoms with E-state index in [0.717, 1.165) is 4.90 Å². The largest absolute Gasteiger partial charge is 0.586 e. The molecule has 1 aromatic carbocycles. The number of nitrogens with one attached hydrogen (secondary N) is 1. The third-order valence-electron chi connectivity index (χ3n) is 5.93. The maximum absolute atomic E-state index is 13.3. The van der Waals surface area contributed by atoms with E-state index < -0.39 is 42.0 Å². The van der Waals surface area contributed by atoms with Crippen LogP contribution in [0.5, 0.6) is 11.5 Å². The van der Waals surface area contributed by atoms with Gasteiger partial charge < -0.3 is 24.6 Å². The van der Waals surface area contributed by atoms with E-state index in [1.165, 1.54) is 31.3 Å². The molecule has 3 heterocycles. The van der Waals surface area contributed by atoms with E-state index in [1.807, 2.05) is 0 Å². The highest BCUT2D eigenvalue weighted by atomic mass is 35.5. The van der Waals surface area contributed by atoms with Crippen molar-refractivity contribution in [2.75, 3.05) is 6.61 Å². The molecule has 2 aliphatic rings. The molecule has 0 unspecified atom stereocenters. The number of hydrogen-bond donors (Lipinski definition) is 2. The zero-order valence-corrected chi connectivity index (χ0v) is 19.9. The minimum absolute atomic E-state index is 0.123. The van der Waals surface area contributed by atoms with Gasteiger partial charge in [-0.25, -0.2) is 9.78 Å². The lowest BCUT2D eigenvalue weighted by Gasteiger charge is -2.51. The second-order valence-electron chi connectivity index (χ2n) is 8.48. The van der Waals surface area contributed by atoms with Crippen LogP contribution in [0, 0.1) is 5.92 Å². The second-order valence-corrected chi connectivity index (χ2v) is 8.87. The first-order valence-electron chi connectivity index (χ1n) is 10.9. The fourth-order valence-corrected chi connectivity index (χ4v) is 4.56. The molecule has 1 fully saturated rings. The number of alkyl halides is 2. The van der Waals surface area contributed by atoms with Gasteiger partial charge in [0.15, 0.2) is 17.3 Å². The van der Waals surface area contributed by atoms with Gasteiger partial charge in [0.25, 0.3) is 0 Å². The monoisotopic (exact) mass is 511 g/mol. The van der Waals surface area contributed by atoms with Gasteiger partial charge >= 0.3 is 12.3 Å². The molecule has 0 radical (unpaired) electrons. The van der Waals surface area contributed by atoms with Crippen LogP contribution in [0.15, 0.2) is 36.5 Å². The number of aromatic nitrogens is 1. The van der Waals surface area contributed by atoms with Crippen LogP contribution < -0.4 is 14.8 Å². The standard InChI is InChI=1S/C23H24ClF2N3O6/c1-4-33-22(3,32)19-15(9-13-7-8-27-18(24)10-13)20(30)29(19)21(31)28-12(2)14-5-6-16-17(11-14)35-23(25,26)34-16/h5-8,10-12,15,19,32H,4,9H2,1-3H3,(H,28,31)/t12-,15-,19+,22+/m1/s1. The molecule has 1 saturated heterocycles. The Morgan fingerprint density at radius 1 is 1.34 bits per heavy atom. The van der Waals surface area contributed by atoms with Gasteiger partial charge in [-0.1, -0.05) is 17.7 Å². The van der Waals surface area contributed by atoms with Crippen molar-refractivity contribution in [3.8, 4) is 11.5 Å². The second kappa shape index (κ2) is 9.21. The van der Waals surface area contributed by atoms with Crippen molar-refractivity contribution < 1.29 is 37.7 Å². The van der Waals surface area contributed by atoms with Crippen molar-refractivity contribution in [2.45, 2.75) is 51.4 Å². The molecule has 0 bridgehead atoms. The number of pyridine rings is 1. The van der Waals surface area contributed by atoms with Gasteiger partial charge in [-0.05, 0) is 62.6 Å². The van der Waals surface area contributed by atoms with E-state index in [0.29, 0.717) is 11.1 Å². The van der Waals surface area contributed by atoms with Crippen molar-refractivity contribution >= 4 is 23.5 Å². The number of rotatable bonds is 7. The average molecular weight is 512 g/mol. The Balaban J connectivity index is 1.51. The van der Waals surface area contributed by atoms with Gasteiger partial charge in [-0.15, -0.1) is 8.78 Å². The van der Waals surface area contributed by atoms with Crippen LogP contribution in [-0.2, 0) is 16.0 Å². The van der Waals surface area contributed by atoms with Crippen LogP contribution >= 0.6 is 11.6 Å². The number of β-lactam (4-membered cyclic amide) rings is 1. The molecule has 35 heavy (non-hydrogen) atoms. The molecule has 0 spiro atoms. The van der Waals surface area contributed by atoms with E-state index in [2.05, 4.69) is 19.8 Å². The minimum Gasteiger partial charge on any atom is -0.395 e. The Morgan fingerprint density at radius 2 is 2.06 bits per heavy atom. The quantitative estimate of drug-likeness (QED) is 0.332. The third-order valence-corrected chi connectivity index (χ3v) is 6.14. The maximum atomic E-state index is 13.3. The number of urea groups is 1. The van der Waals surface area contributed by atoms with Crippen molar-refractivity contribution in [2.24, 2.45) is 5.92 Å². The number of halogens is 3. The lowest BCUT2D eigenvalue weighted by atomic mass is 9.78. The fourth-order valence-electron chi connectivity index (χ4n) is 4.36. The summed E-state index contributed by atoms with van der Waals surface area (Å²) in [5, 5.41) is 13.9. The third kappa shape index (κ3) is 5.02. The average Bonchev–Trinajstić information content (AvgIpc) is 3.08. The molecule has 188 valence electrons. The molecule has 2 N–H and O–H groups in total. The van der Waals surface area contributed by atoms with Crippen LogP contribution in [0.2, 0.25) is 5.15 Å². The number of carbonyl (C=O) groups is 2. The number of aliphatic hydroxyl groups is 1. The summed E-state index contributed by atoms with van der Waals surface area (Å²) in [6, 6.07) is 4.99. The highest BCUT2D eigenvalue weighted by Crippen LogP contribution is 2.42. The normalized spacial score (nSPS) is 22.8. The summed E-state index contributed by atoms with van der Waals surface area (Å²) in [7, 11) is 0. The molecule has 2 aromatic rings. The number of nitrogens with zero attached hydrogens (tertiary/aromatic N) is 2. The summed E-state index contributed by atoms with van der Waals surface area (Å²) in [5.74, 6) is -3.35. The molecule has 0 saturated carbocycles. The topological polar surface area (TPSA) is 110 Å². The lowest BCUT2D eigenvalue weighted by molar-refractivity contribution is -0.286. The summed E-state index contributed by atoms with van der Waals surface area (Å²) in [5.41, 5.74) is 1.16. The molecule has 1 aromatic heterocycles. The molecule has 12 heteroatoms. The fraction of sp³-hybridized carbons (Fsp3) is 0.435. The predicted octanol–water partition coefficient (Wildman–Crippen LogP) is 3.64. The Bertz CT molecular complexity index is 1150. The molecular weight excluding hydrogens is 488 g/mol. The molecule has 4 atom stereocenters. The molecule has 2 aliphatic heterocycles. The van der Waals surface area contributed by atoms with Crippen molar-refractivity contribution in [1.82, 2.24) is 15.2 Å². The highest BCUT2D eigenvalue weighted by Gasteiger charge is 2.59. The van der Waals surface area contributed by atoms with Crippen molar-refractivity contribution in [3.05, 3.63) is 52.8 Å². The van der Waals surface area contributed by atoms with E-state index in [-0.39, 0.29) is 29.7 Å². The van der Waals surface area contributed by atoms with Gasteiger partial charge in [0.2, 0.25) is 5.91 Å². The molecule has 0 aliphatic carbocycles. The number of imide groups is 1. The maximum Gasteiger partial charge on any atom is 0.586 e. The minimum atomic E-state index is -3.76. The van der Waals surface area contributed by atoms with Gasteiger partial charge in [0, 0.05) is 12.8 Å². The van der Waals surface area contributed by atoms with Gasteiger partial charge in [0.1, 0.15) is 11.2 Å². The van der Waals surface area contributed by atoms with Crippen LogP contribution in [-0.4, -0.2) is 51.7 Å². The van der Waals surface area contributed by atoms with Crippen LogP contribution in [0.1, 0.15) is 37.9 Å². The summed E-state index contributed by atoms with van der Waals surface area (Å²) in [6.45, 7) is 4.84. The first kappa shape index (κ1) is 25.1. The summed E-state index contributed by atoms with van der Waals surface area (Å²) in [4.78, 5) is 30.9. The van der Waals surface area contributed by atoms with Crippen molar-refractivity contribution in [3.63, 3.8) is 0 Å². The zero-order chi connectivity index (χ0) is 25.5. The SMILES string of the molecule is CCO[C@](C)(O)[C@@H]1[C@@H](Cc2ccnc(Cl)c2)C(=O)N1C(=O)N[C@H](C)c1ccc2c(c1)OC(F)(F)O2. The zero-order valence-electron chi connectivity index (χ0n) is 19.1. The van der Waals surface area contributed by atoms with E-state index >= 15 is 0 Å². The highest BCUT2D eigenvalue weighted by molar-refractivity contribution is 6.29. The lowest BCUT2D eigenvalue weighted by Crippen LogP contribution is -2.73. The number of carbonyl (C=O) groups excluding carboxylic acids is 2. The Hall–Kier alpha value is -3.02. The summed E-state index contributed by atoms with van der Waals surface area (Å²) in [6.07, 6.45) is -2.04. The van der Waals surface area contributed by atoms with Crippen LogP contribution in [0.25, 0.3) is 0 Å².